The van der Waals surface area contributed by atoms with Crippen LogP contribution in [0.5, 0.6) is 11.5 Å². The first-order valence-electron chi connectivity index (χ1n) is 15.6. The lowest BCUT2D eigenvalue weighted by molar-refractivity contribution is -0.229. The topological polar surface area (TPSA) is 118 Å². The number of carbonyl (C=O) groups is 4. The van der Waals surface area contributed by atoms with Crippen molar-refractivity contribution in [2.24, 2.45) is 0 Å². The summed E-state index contributed by atoms with van der Waals surface area (Å²) in [5, 5.41) is 0. The van der Waals surface area contributed by atoms with Gasteiger partial charge in [0, 0.05) is 38.0 Å². The van der Waals surface area contributed by atoms with Crippen molar-refractivity contribution in [3.63, 3.8) is 0 Å². The molecule has 4 rings (SSSR count). The molecule has 250 valence electrons. The molecule has 0 aliphatic carbocycles. The molecule has 12 nitrogen and oxygen atoms in total. The molecule has 2 heterocycles. The molecule has 2 aromatic rings. The van der Waals surface area contributed by atoms with E-state index in [1.807, 2.05) is 65.7 Å². The Labute approximate surface area is 271 Å². The van der Waals surface area contributed by atoms with E-state index in [9.17, 15) is 19.2 Å². The second-order valence-corrected chi connectivity index (χ2v) is 13.0. The third-order valence-corrected chi connectivity index (χ3v) is 8.02. The summed E-state index contributed by atoms with van der Waals surface area (Å²) < 4.78 is 24.6. The van der Waals surface area contributed by atoms with Crippen molar-refractivity contribution in [3.05, 3.63) is 59.7 Å². The van der Waals surface area contributed by atoms with Gasteiger partial charge in [-0.15, -0.1) is 0 Å². The molecule has 2 aromatic carbocycles. The van der Waals surface area contributed by atoms with Crippen molar-refractivity contribution >= 4 is 23.8 Å². The monoisotopic (exact) mass is 638 g/mol. The average Bonchev–Trinajstić information content (AvgIpc) is 3.20. The van der Waals surface area contributed by atoms with Gasteiger partial charge in [-0.05, 0) is 80.2 Å². The largest absolute Gasteiger partial charge is 0.449 e. The fraction of sp³-hybridized carbons (Fsp3) is 0.529. The smallest absolute Gasteiger partial charge is 0.420 e. The predicted octanol–water partition coefficient (Wildman–Crippen LogP) is 3.26. The second kappa shape index (κ2) is 14.1. The van der Waals surface area contributed by atoms with Crippen LogP contribution in [0.1, 0.15) is 61.3 Å². The summed E-state index contributed by atoms with van der Waals surface area (Å²) >= 11 is 0. The minimum atomic E-state index is -1.71. The van der Waals surface area contributed by atoms with E-state index >= 15 is 0 Å². The van der Waals surface area contributed by atoms with Gasteiger partial charge in [0.15, 0.2) is 0 Å². The SMILES string of the molecule is CC(C)N1CC(CCN(C)C)(OC(=O)C(=O)OC2(CCN(C)C)CN(C(C)C)C(=O)c3ccccc3O2)Oc2ccccc2C1=O. The molecule has 2 atom stereocenters. The lowest BCUT2D eigenvalue weighted by Gasteiger charge is -2.38. The van der Waals surface area contributed by atoms with E-state index in [-0.39, 0.29) is 61.3 Å². The summed E-state index contributed by atoms with van der Waals surface area (Å²) in [6.07, 6.45) is 0.296. The number of carbonyl (C=O) groups excluding carboxylic acids is 4. The van der Waals surface area contributed by atoms with Gasteiger partial charge in [-0.25, -0.2) is 9.59 Å². The zero-order valence-corrected chi connectivity index (χ0v) is 28.1. The highest BCUT2D eigenvalue weighted by Gasteiger charge is 2.49. The third kappa shape index (κ3) is 7.79. The van der Waals surface area contributed by atoms with E-state index in [0.29, 0.717) is 24.2 Å². The number of nitrogens with zero attached hydrogens (tertiary/aromatic N) is 4. The van der Waals surface area contributed by atoms with Gasteiger partial charge in [-0.2, -0.15) is 0 Å². The fourth-order valence-electron chi connectivity index (χ4n) is 5.41. The van der Waals surface area contributed by atoms with Crippen molar-refractivity contribution in [3.8, 4) is 11.5 Å². The molecule has 46 heavy (non-hydrogen) atoms. The van der Waals surface area contributed by atoms with Crippen LogP contribution in [-0.2, 0) is 19.1 Å². The van der Waals surface area contributed by atoms with Gasteiger partial charge in [-0.3, -0.25) is 9.59 Å². The first kappa shape index (κ1) is 34.7. The Bertz CT molecular complexity index is 1340. The Kier molecular flexibility index (Phi) is 10.6. The number of hydrogen-bond acceptors (Lipinski definition) is 10. The van der Waals surface area contributed by atoms with Crippen LogP contribution in [0, 0.1) is 0 Å². The Morgan fingerprint density at radius 2 is 1.04 bits per heavy atom. The maximum Gasteiger partial charge on any atom is 0.420 e. The van der Waals surface area contributed by atoms with E-state index in [1.165, 1.54) is 0 Å². The van der Waals surface area contributed by atoms with Crippen LogP contribution in [-0.4, -0.2) is 121 Å². The molecule has 0 fully saturated rings. The summed E-state index contributed by atoms with van der Waals surface area (Å²) in [6.45, 7) is 8.04. The number of amides is 2. The first-order chi connectivity index (χ1) is 21.7. The number of para-hydroxylation sites is 2. The van der Waals surface area contributed by atoms with Crippen LogP contribution in [0.15, 0.2) is 48.5 Å². The van der Waals surface area contributed by atoms with Gasteiger partial charge >= 0.3 is 11.9 Å². The molecule has 0 N–H and O–H groups in total. The maximum absolute atomic E-state index is 13.8. The van der Waals surface area contributed by atoms with Crippen LogP contribution in [0.4, 0.5) is 0 Å². The van der Waals surface area contributed by atoms with Gasteiger partial charge < -0.3 is 38.5 Å². The van der Waals surface area contributed by atoms with Crippen LogP contribution >= 0.6 is 0 Å². The van der Waals surface area contributed by atoms with Crippen LogP contribution in [0.25, 0.3) is 0 Å². The quantitative estimate of drug-likeness (QED) is 0.284. The molecule has 0 bridgehead atoms. The molecule has 0 spiro atoms. The van der Waals surface area contributed by atoms with Gasteiger partial charge in [0.25, 0.3) is 23.4 Å². The van der Waals surface area contributed by atoms with Crippen LogP contribution < -0.4 is 9.47 Å². The van der Waals surface area contributed by atoms with Crippen molar-refractivity contribution in [2.75, 3.05) is 54.4 Å². The molecule has 2 amide bonds. The summed E-state index contributed by atoms with van der Waals surface area (Å²) in [5.74, 6) is -6.09. The van der Waals surface area contributed by atoms with Crippen LogP contribution in [0.3, 0.4) is 0 Å². The Hall–Kier alpha value is -4.16. The number of hydrogen-bond donors (Lipinski definition) is 0. The number of rotatable bonds is 10. The third-order valence-electron chi connectivity index (χ3n) is 8.02. The van der Waals surface area contributed by atoms with Crippen molar-refractivity contribution in [2.45, 2.75) is 64.2 Å². The van der Waals surface area contributed by atoms with E-state index in [4.69, 9.17) is 18.9 Å². The van der Waals surface area contributed by atoms with E-state index in [2.05, 4.69) is 0 Å². The lowest BCUT2D eigenvalue weighted by atomic mass is 10.1. The molecular formula is C34H46N4O8. The molecule has 2 unspecified atom stereocenters. The van der Waals surface area contributed by atoms with Crippen molar-refractivity contribution in [1.29, 1.82) is 0 Å². The summed E-state index contributed by atoms with van der Waals surface area (Å²) in [4.78, 5) is 61.5. The maximum atomic E-state index is 13.8. The van der Waals surface area contributed by atoms with Crippen LogP contribution in [0.2, 0.25) is 0 Å². The van der Waals surface area contributed by atoms with Gasteiger partial charge in [-0.1, -0.05) is 24.3 Å². The molecule has 0 saturated carbocycles. The highest BCUT2D eigenvalue weighted by atomic mass is 16.8. The van der Waals surface area contributed by atoms with Crippen molar-refractivity contribution < 1.29 is 38.1 Å². The Balaban J connectivity index is 1.71. The Morgan fingerprint density at radius 3 is 1.37 bits per heavy atom. The number of esters is 2. The summed E-state index contributed by atoms with van der Waals surface area (Å²) in [6, 6.07) is 13.0. The molecule has 0 saturated heterocycles. The molecule has 0 aromatic heterocycles. The first-order valence-corrected chi connectivity index (χ1v) is 15.6. The number of fused-ring (bicyclic) bond motifs is 2. The summed E-state index contributed by atoms with van der Waals surface area (Å²) in [5.41, 5.74) is 0.654. The average molecular weight is 639 g/mol. The lowest BCUT2D eigenvalue weighted by Crippen LogP contribution is -2.56. The molecule has 12 heteroatoms. The van der Waals surface area contributed by atoms with E-state index in [0.717, 1.165) is 0 Å². The normalized spacial score (nSPS) is 21.4. The zero-order valence-electron chi connectivity index (χ0n) is 28.1. The van der Waals surface area contributed by atoms with Crippen molar-refractivity contribution in [1.82, 2.24) is 19.6 Å². The second-order valence-electron chi connectivity index (χ2n) is 13.0. The molecular weight excluding hydrogens is 592 g/mol. The fourth-order valence-corrected chi connectivity index (χ4v) is 5.41. The van der Waals surface area contributed by atoms with E-state index < -0.39 is 23.5 Å². The number of benzene rings is 2. The molecule has 0 radical (unpaired) electrons. The highest BCUT2D eigenvalue weighted by Crippen LogP contribution is 2.36. The minimum Gasteiger partial charge on any atom is -0.449 e. The van der Waals surface area contributed by atoms with Gasteiger partial charge in [0.2, 0.25) is 0 Å². The highest BCUT2D eigenvalue weighted by molar-refractivity contribution is 6.30. The Morgan fingerprint density at radius 1 is 0.696 bits per heavy atom. The summed E-state index contributed by atoms with van der Waals surface area (Å²) in [7, 11) is 7.43. The minimum absolute atomic E-state index is 0.115. The van der Waals surface area contributed by atoms with Gasteiger partial charge in [0.1, 0.15) is 11.5 Å². The predicted molar refractivity (Wildman–Crippen MR) is 170 cm³/mol. The number of ether oxygens (including phenoxy) is 4. The van der Waals surface area contributed by atoms with E-state index in [1.54, 1.807) is 58.3 Å². The molecule has 2 aliphatic rings. The zero-order chi connectivity index (χ0) is 33.8. The standard InChI is InChI=1S/C34H46N4O8/c1-23(2)37-21-33(17-19-35(5)6,43-27-15-11-9-13-25(27)29(37)39)45-31(41)32(42)46-34(18-20-36(7)8)22-38(24(3)4)30(40)26-14-10-12-16-28(26)44-34/h9-16,23-24H,17-22H2,1-8H3. The van der Waals surface area contributed by atoms with Gasteiger partial charge in [0.05, 0.1) is 24.2 Å². The molecule has 2 aliphatic heterocycles.